The second-order valence-corrected chi connectivity index (χ2v) is 8.37. The Bertz CT molecular complexity index is 1140. The Morgan fingerprint density at radius 1 is 1.06 bits per heavy atom. The molecular formula is C25H27F3N4O2. The summed E-state index contributed by atoms with van der Waals surface area (Å²) < 4.78 is 45.9. The van der Waals surface area contributed by atoms with Crippen molar-refractivity contribution in [2.45, 2.75) is 26.1 Å². The molecule has 0 unspecified atom stereocenters. The number of amides is 1. The van der Waals surface area contributed by atoms with Crippen LogP contribution in [0, 0.1) is 6.92 Å². The average molecular weight is 473 g/mol. The molecule has 1 amide bonds. The molecule has 180 valence electrons. The number of hydrogen-bond acceptors (Lipinski definition) is 4. The van der Waals surface area contributed by atoms with E-state index < -0.39 is 11.7 Å². The number of nitrogens with zero attached hydrogens (tertiary/aromatic N) is 4. The molecule has 1 aliphatic heterocycles. The van der Waals surface area contributed by atoms with Gasteiger partial charge in [-0.2, -0.15) is 18.3 Å². The molecule has 4 rings (SSSR count). The van der Waals surface area contributed by atoms with E-state index in [9.17, 15) is 18.0 Å². The zero-order chi connectivity index (χ0) is 24.3. The molecule has 0 atom stereocenters. The lowest BCUT2D eigenvalue weighted by atomic mass is 10.2. The Morgan fingerprint density at radius 2 is 1.82 bits per heavy atom. The van der Waals surface area contributed by atoms with Gasteiger partial charge < -0.3 is 9.64 Å². The van der Waals surface area contributed by atoms with Crippen molar-refractivity contribution < 1.29 is 22.7 Å². The first-order chi connectivity index (χ1) is 16.3. The van der Waals surface area contributed by atoms with Crippen LogP contribution in [0.1, 0.15) is 33.6 Å². The topological polar surface area (TPSA) is 50.6 Å². The summed E-state index contributed by atoms with van der Waals surface area (Å²) in [5.41, 5.74) is 1.62. The van der Waals surface area contributed by atoms with Gasteiger partial charge >= 0.3 is 6.18 Å². The number of halogens is 3. The molecule has 1 saturated heterocycles. The molecule has 1 aromatic heterocycles. The Morgan fingerprint density at radius 3 is 2.53 bits per heavy atom. The van der Waals surface area contributed by atoms with E-state index in [0.29, 0.717) is 24.3 Å². The Hall–Kier alpha value is -3.33. The molecule has 0 N–H and O–H groups in total. The fraction of sp³-hybridized carbons (Fsp3) is 0.360. The van der Waals surface area contributed by atoms with Crippen LogP contribution in [-0.4, -0.2) is 58.8 Å². The first-order valence-electron chi connectivity index (χ1n) is 11.1. The van der Waals surface area contributed by atoms with E-state index in [-0.39, 0.29) is 11.6 Å². The maximum absolute atomic E-state index is 13.2. The monoisotopic (exact) mass is 472 g/mol. The third-order valence-corrected chi connectivity index (χ3v) is 6.10. The summed E-state index contributed by atoms with van der Waals surface area (Å²) in [5, 5.41) is 4.21. The molecular weight excluding hydrogens is 445 g/mol. The van der Waals surface area contributed by atoms with Gasteiger partial charge in [0.1, 0.15) is 5.75 Å². The van der Waals surface area contributed by atoms with Crippen molar-refractivity contribution in [1.29, 1.82) is 0 Å². The van der Waals surface area contributed by atoms with E-state index >= 15 is 0 Å². The van der Waals surface area contributed by atoms with Gasteiger partial charge in [-0.15, -0.1) is 0 Å². The third kappa shape index (κ3) is 5.25. The number of benzene rings is 2. The third-order valence-electron chi connectivity index (χ3n) is 6.10. The molecule has 34 heavy (non-hydrogen) atoms. The van der Waals surface area contributed by atoms with E-state index in [1.54, 1.807) is 25.0 Å². The summed E-state index contributed by atoms with van der Waals surface area (Å²) in [4.78, 5) is 17.4. The van der Waals surface area contributed by atoms with Crippen LogP contribution in [0.5, 0.6) is 5.75 Å². The van der Waals surface area contributed by atoms with Crippen molar-refractivity contribution in [3.05, 3.63) is 77.1 Å². The molecule has 0 spiro atoms. The van der Waals surface area contributed by atoms with Gasteiger partial charge in [0.2, 0.25) is 0 Å². The van der Waals surface area contributed by atoms with Gasteiger partial charge in [0.25, 0.3) is 5.91 Å². The van der Waals surface area contributed by atoms with Gasteiger partial charge in [0.15, 0.2) is 0 Å². The molecule has 2 aromatic carbocycles. The Labute approximate surface area is 196 Å². The fourth-order valence-corrected chi connectivity index (χ4v) is 4.19. The van der Waals surface area contributed by atoms with Crippen LogP contribution < -0.4 is 4.74 Å². The lowest BCUT2D eigenvalue weighted by molar-refractivity contribution is -0.137. The van der Waals surface area contributed by atoms with Crippen molar-refractivity contribution in [3.8, 4) is 11.4 Å². The largest absolute Gasteiger partial charge is 0.497 e. The summed E-state index contributed by atoms with van der Waals surface area (Å²) in [6, 6.07) is 12.9. The second-order valence-electron chi connectivity index (χ2n) is 8.37. The zero-order valence-electron chi connectivity index (χ0n) is 19.2. The molecule has 2 heterocycles. The fourth-order valence-electron chi connectivity index (χ4n) is 4.19. The summed E-state index contributed by atoms with van der Waals surface area (Å²) >= 11 is 0. The van der Waals surface area contributed by atoms with E-state index in [0.717, 1.165) is 43.9 Å². The van der Waals surface area contributed by atoms with Gasteiger partial charge in [-0.05, 0) is 49.2 Å². The van der Waals surface area contributed by atoms with Gasteiger partial charge in [-0.25, -0.2) is 4.68 Å². The summed E-state index contributed by atoms with van der Waals surface area (Å²) in [7, 11) is 1.64. The lowest BCUT2D eigenvalue weighted by Crippen LogP contribution is -2.35. The minimum atomic E-state index is -4.44. The van der Waals surface area contributed by atoms with E-state index in [1.807, 2.05) is 24.3 Å². The van der Waals surface area contributed by atoms with Gasteiger partial charge in [-0.3, -0.25) is 9.69 Å². The highest BCUT2D eigenvalue weighted by molar-refractivity contribution is 5.95. The second kappa shape index (κ2) is 9.89. The van der Waals surface area contributed by atoms with E-state index in [1.165, 1.54) is 22.5 Å². The van der Waals surface area contributed by atoms with Crippen molar-refractivity contribution in [3.63, 3.8) is 0 Å². The van der Waals surface area contributed by atoms with Crippen LogP contribution in [0.3, 0.4) is 0 Å². The van der Waals surface area contributed by atoms with Gasteiger partial charge in [0, 0.05) is 32.7 Å². The number of hydrogen-bond donors (Lipinski definition) is 0. The van der Waals surface area contributed by atoms with E-state index in [4.69, 9.17) is 4.74 Å². The number of alkyl halides is 3. The molecule has 0 saturated carbocycles. The highest BCUT2D eigenvalue weighted by Gasteiger charge is 2.31. The van der Waals surface area contributed by atoms with Gasteiger partial charge in [-0.1, -0.05) is 18.2 Å². The highest BCUT2D eigenvalue weighted by Crippen LogP contribution is 2.30. The Balaban J connectivity index is 1.44. The average Bonchev–Trinajstić information content (AvgIpc) is 3.05. The minimum Gasteiger partial charge on any atom is -0.497 e. The number of carbonyl (C=O) groups is 1. The van der Waals surface area contributed by atoms with Crippen molar-refractivity contribution >= 4 is 5.91 Å². The van der Waals surface area contributed by atoms with Crippen LogP contribution in [0.2, 0.25) is 0 Å². The number of aromatic nitrogens is 2. The smallest absolute Gasteiger partial charge is 0.416 e. The molecule has 0 aliphatic carbocycles. The molecule has 0 radical (unpaired) electrons. The number of carbonyl (C=O) groups excluding carboxylic acids is 1. The van der Waals surface area contributed by atoms with E-state index in [2.05, 4.69) is 10.00 Å². The summed E-state index contributed by atoms with van der Waals surface area (Å²) in [6.45, 7) is 5.29. The predicted molar refractivity (Wildman–Crippen MR) is 122 cm³/mol. The van der Waals surface area contributed by atoms with Crippen LogP contribution in [0.15, 0.2) is 54.7 Å². The first kappa shape index (κ1) is 23.8. The molecule has 0 bridgehead atoms. The normalized spacial score (nSPS) is 15.3. The minimum absolute atomic E-state index is 0.151. The summed E-state index contributed by atoms with van der Waals surface area (Å²) in [5.74, 6) is 0.666. The lowest BCUT2D eigenvalue weighted by Gasteiger charge is -2.22. The van der Waals surface area contributed by atoms with Crippen LogP contribution in [-0.2, 0) is 12.7 Å². The molecule has 3 aromatic rings. The standard InChI is InChI=1S/C25H27F3N4O2/c1-18-23(16-29-32(18)21-6-3-5-20(15-21)25(26,27)28)24(33)31-12-4-11-30(13-14-31)17-19-7-9-22(34-2)10-8-19/h3,5-10,15-16H,4,11-14,17H2,1-2H3. The van der Waals surface area contributed by atoms with Crippen LogP contribution >= 0.6 is 0 Å². The van der Waals surface area contributed by atoms with Crippen molar-refractivity contribution in [1.82, 2.24) is 19.6 Å². The predicted octanol–water partition coefficient (Wildman–Crippen LogP) is 4.56. The van der Waals surface area contributed by atoms with Crippen LogP contribution in [0.25, 0.3) is 5.69 Å². The summed E-state index contributed by atoms with van der Waals surface area (Å²) in [6.07, 6.45) is -2.17. The number of ether oxygens (including phenoxy) is 1. The van der Waals surface area contributed by atoms with Crippen molar-refractivity contribution in [2.75, 3.05) is 33.3 Å². The molecule has 6 nitrogen and oxygen atoms in total. The van der Waals surface area contributed by atoms with Crippen LogP contribution in [0.4, 0.5) is 13.2 Å². The number of methoxy groups -OCH3 is 1. The number of rotatable bonds is 5. The highest BCUT2D eigenvalue weighted by atomic mass is 19.4. The molecule has 1 aliphatic rings. The zero-order valence-corrected chi connectivity index (χ0v) is 19.2. The first-order valence-corrected chi connectivity index (χ1v) is 11.1. The SMILES string of the molecule is COc1ccc(CN2CCCN(C(=O)c3cnn(-c4cccc(C(F)(F)F)c4)c3C)CC2)cc1. The molecule has 1 fully saturated rings. The maximum Gasteiger partial charge on any atom is 0.416 e. The molecule has 9 heteroatoms. The van der Waals surface area contributed by atoms with Crippen molar-refractivity contribution in [2.24, 2.45) is 0 Å². The maximum atomic E-state index is 13.2. The van der Waals surface area contributed by atoms with Gasteiger partial charge in [0.05, 0.1) is 35.8 Å². The quantitative estimate of drug-likeness (QED) is 0.547. The Kier molecular flexibility index (Phi) is 6.92.